The third kappa shape index (κ3) is 2.42. The van der Waals surface area contributed by atoms with Gasteiger partial charge in [0.15, 0.2) is 5.65 Å². The fraction of sp³-hybridized carbons (Fsp3) is 0.316. The molecule has 1 aliphatic heterocycles. The van der Waals surface area contributed by atoms with Gasteiger partial charge in [0.25, 0.3) is 0 Å². The number of carbonyl (C=O) groups is 1. The second kappa shape index (κ2) is 5.79. The molecule has 132 valence electrons. The summed E-state index contributed by atoms with van der Waals surface area (Å²) in [6, 6.07) is 10.6. The second-order valence-electron chi connectivity index (χ2n) is 6.96. The number of aromatic nitrogens is 3. The number of hydrogen-bond donors (Lipinski definition) is 2. The molecule has 2 N–H and O–H groups in total. The highest BCUT2D eigenvalue weighted by Gasteiger charge is 2.38. The summed E-state index contributed by atoms with van der Waals surface area (Å²) in [4.78, 5) is 21.0. The number of imidazole rings is 1. The van der Waals surface area contributed by atoms with Crippen LogP contribution in [-0.2, 0) is 0 Å². The molecule has 5 rings (SSSR count). The number of pyridine rings is 1. The first-order chi connectivity index (χ1) is 12.7. The van der Waals surface area contributed by atoms with Crippen LogP contribution < -0.4 is 10.6 Å². The first kappa shape index (κ1) is 15.3. The van der Waals surface area contributed by atoms with Gasteiger partial charge in [0, 0.05) is 17.8 Å². The number of fused-ring (bicyclic) bond motifs is 2. The average molecular weight is 351 g/mol. The molecule has 2 aromatic heterocycles. The molecule has 0 radical (unpaired) electrons. The number of carbonyl (C=O) groups excluding carboxylic acids is 1. The first-order valence-electron chi connectivity index (χ1n) is 8.85. The normalized spacial score (nSPS) is 25.0. The molecular formula is C19H18FN5O. The summed E-state index contributed by atoms with van der Waals surface area (Å²) < 4.78 is 15.5. The quantitative estimate of drug-likeness (QED) is 0.745. The van der Waals surface area contributed by atoms with Gasteiger partial charge in [0.1, 0.15) is 17.2 Å². The molecule has 1 saturated heterocycles. The molecule has 3 unspecified atom stereocenters. The molecule has 2 amide bonds. The Balaban J connectivity index is 1.61. The van der Waals surface area contributed by atoms with E-state index >= 15 is 0 Å². The number of urea groups is 1. The van der Waals surface area contributed by atoms with Gasteiger partial charge in [-0.15, -0.1) is 0 Å². The van der Waals surface area contributed by atoms with Crippen molar-refractivity contribution in [1.82, 2.24) is 25.2 Å². The molecule has 2 fully saturated rings. The Hall–Kier alpha value is -2.96. The monoisotopic (exact) mass is 351 g/mol. The van der Waals surface area contributed by atoms with Crippen molar-refractivity contribution in [2.24, 2.45) is 0 Å². The molecule has 3 heterocycles. The van der Waals surface area contributed by atoms with E-state index in [-0.39, 0.29) is 30.0 Å². The SMILES string of the molecule is O=C1NC2CCC(n3c(-c4ccc(F)cc4)nc4cccnc43)CC2N1. The highest BCUT2D eigenvalue weighted by molar-refractivity contribution is 5.78. The Morgan fingerprint density at radius 2 is 1.88 bits per heavy atom. The minimum Gasteiger partial charge on any atom is -0.333 e. The molecule has 2 aliphatic rings. The Kier molecular flexibility index (Phi) is 3.41. The molecule has 26 heavy (non-hydrogen) atoms. The average Bonchev–Trinajstić information content (AvgIpc) is 3.21. The van der Waals surface area contributed by atoms with E-state index in [1.54, 1.807) is 18.3 Å². The van der Waals surface area contributed by atoms with Crippen molar-refractivity contribution in [1.29, 1.82) is 0 Å². The predicted molar refractivity (Wildman–Crippen MR) is 95.1 cm³/mol. The minimum absolute atomic E-state index is 0.0898. The second-order valence-corrected chi connectivity index (χ2v) is 6.96. The number of halogens is 1. The molecule has 6 nitrogen and oxygen atoms in total. The summed E-state index contributed by atoms with van der Waals surface area (Å²) in [7, 11) is 0. The van der Waals surface area contributed by atoms with Gasteiger partial charge in [-0.05, 0) is 55.7 Å². The third-order valence-electron chi connectivity index (χ3n) is 5.37. The van der Waals surface area contributed by atoms with Crippen LogP contribution in [-0.4, -0.2) is 32.6 Å². The van der Waals surface area contributed by atoms with E-state index in [9.17, 15) is 9.18 Å². The zero-order valence-corrected chi connectivity index (χ0v) is 14.0. The highest BCUT2D eigenvalue weighted by Crippen LogP contribution is 2.36. The maximum atomic E-state index is 13.4. The molecule has 3 aromatic rings. The van der Waals surface area contributed by atoms with Gasteiger partial charge >= 0.3 is 6.03 Å². The summed E-state index contributed by atoms with van der Waals surface area (Å²) in [5.74, 6) is 0.522. The van der Waals surface area contributed by atoms with Crippen LogP contribution in [0.2, 0.25) is 0 Å². The van der Waals surface area contributed by atoms with Gasteiger partial charge in [-0.2, -0.15) is 0 Å². The van der Waals surface area contributed by atoms with Crippen molar-refractivity contribution in [3.63, 3.8) is 0 Å². The summed E-state index contributed by atoms with van der Waals surface area (Å²) >= 11 is 0. The number of nitrogens with zero attached hydrogens (tertiary/aromatic N) is 3. The van der Waals surface area contributed by atoms with E-state index in [1.807, 2.05) is 12.1 Å². The number of nitrogens with one attached hydrogen (secondary N) is 2. The lowest BCUT2D eigenvalue weighted by Crippen LogP contribution is -2.40. The Morgan fingerprint density at radius 1 is 1.08 bits per heavy atom. The number of hydrogen-bond acceptors (Lipinski definition) is 3. The zero-order chi connectivity index (χ0) is 17.7. The van der Waals surface area contributed by atoms with Crippen LogP contribution in [0, 0.1) is 5.82 Å². The van der Waals surface area contributed by atoms with E-state index < -0.39 is 0 Å². The molecule has 3 atom stereocenters. The molecule has 0 spiro atoms. The lowest BCUT2D eigenvalue weighted by Gasteiger charge is -2.32. The van der Waals surface area contributed by atoms with Crippen molar-refractivity contribution in [2.75, 3.05) is 0 Å². The topological polar surface area (TPSA) is 71.8 Å². The van der Waals surface area contributed by atoms with Gasteiger partial charge in [-0.3, -0.25) is 0 Å². The van der Waals surface area contributed by atoms with Crippen LogP contribution >= 0.6 is 0 Å². The molecule has 1 saturated carbocycles. The maximum Gasteiger partial charge on any atom is 0.315 e. The smallest absolute Gasteiger partial charge is 0.315 e. The fourth-order valence-corrected chi connectivity index (χ4v) is 4.17. The van der Waals surface area contributed by atoms with Crippen molar-refractivity contribution >= 4 is 17.2 Å². The van der Waals surface area contributed by atoms with Crippen LogP contribution in [0.3, 0.4) is 0 Å². The zero-order valence-electron chi connectivity index (χ0n) is 14.0. The number of benzene rings is 1. The van der Waals surface area contributed by atoms with E-state index in [0.717, 1.165) is 41.8 Å². The molecule has 1 aromatic carbocycles. The van der Waals surface area contributed by atoms with E-state index in [1.165, 1.54) is 12.1 Å². The van der Waals surface area contributed by atoms with Crippen molar-refractivity contribution in [3.05, 3.63) is 48.4 Å². The Labute approximate surface area is 149 Å². The number of rotatable bonds is 2. The lowest BCUT2D eigenvalue weighted by atomic mass is 9.87. The van der Waals surface area contributed by atoms with Crippen molar-refractivity contribution in [3.8, 4) is 11.4 Å². The minimum atomic E-state index is -0.269. The predicted octanol–water partition coefficient (Wildman–Crippen LogP) is 3.01. The van der Waals surface area contributed by atoms with Crippen LogP contribution in [0.1, 0.15) is 25.3 Å². The Bertz CT molecular complexity index is 983. The van der Waals surface area contributed by atoms with Crippen molar-refractivity contribution < 1.29 is 9.18 Å². The van der Waals surface area contributed by atoms with Crippen LogP contribution in [0.4, 0.5) is 9.18 Å². The summed E-state index contributed by atoms with van der Waals surface area (Å²) in [6.07, 6.45) is 4.42. The van der Waals surface area contributed by atoms with E-state index in [2.05, 4.69) is 20.2 Å². The molecule has 7 heteroatoms. The standard InChI is InChI=1S/C19H18FN5O/c20-12-5-3-11(4-6-12)17-22-15-2-1-9-21-18(15)25(17)13-7-8-14-16(10-13)24-19(26)23-14/h1-6,9,13-14,16H,7-8,10H2,(H2,23,24,26). The lowest BCUT2D eigenvalue weighted by molar-refractivity contribution is 0.247. The summed E-state index contributed by atoms with van der Waals surface area (Å²) in [6.45, 7) is 0. The van der Waals surface area contributed by atoms with Crippen LogP contribution in [0.25, 0.3) is 22.6 Å². The molecule has 0 bridgehead atoms. The molecule has 1 aliphatic carbocycles. The largest absolute Gasteiger partial charge is 0.333 e. The van der Waals surface area contributed by atoms with Crippen LogP contribution in [0.15, 0.2) is 42.6 Å². The van der Waals surface area contributed by atoms with Crippen molar-refractivity contribution in [2.45, 2.75) is 37.4 Å². The van der Waals surface area contributed by atoms with Gasteiger partial charge < -0.3 is 15.2 Å². The van der Waals surface area contributed by atoms with Gasteiger partial charge in [0.2, 0.25) is 0 Å². The van der Waals surface area contributed by atoms with E-state index in [0.29, 0.717) is 0 Å². The maximum absolute atomic E-state index is 13.4. The Morgan fingerprint density at radius 3 is 2.73 bits per heavy atom. The molecular weight excluding hydrogens is 333 g/mol. The van der Waals surface area contributed by atoms with Gasteiger partial charge in [0.05, 0.1) is 12.1 Å². The first-order valence-corrected chi connectivity index (χ1v) is 8.85. The summed E-state index contributed by atoms with van der Waals surface area (Å²) in [5.41, 5.74) is 2.51. The van der Waals surface area contributed by atoms with Gasteiger partial charge in [-0.1, -0.05) is 0 Å². The third-order valence-corrected chi connectivity index (χ3v) is 5.37. The van der Waals surface area contributed by atoms with Crippen LogP contribution in [0.5, 0.6) is 0 Å². The fourth-order valence-electron chi connectivity index (χ4n) is 4.17. The number of amides is 2. The highest BCUT2D eigenvalue weighted by atomic mass is 19.1. The summed E-state index contributed by atoms with van der Waals surface area (Å²) in [5, 5.41) is 5.99. The van der Waals surface area contributed by atoms with E-state index in [4.69, 9.17) is 4.98 Å². The van der Waals surface area contributed by atoms with Gasteiger partial charge in [-0.25, -0.2) is 19.2 Å².